The van der Waals surface area contributed by atoms with Crippen molar-refractivity contribution in [2.24, 2.45) is 0 Å². The molecular formula is C12H15N3O2S. The van der Waals surface area contributed by atoms with E-state index in [9.17, 15) is 9.00 Å². The van der Waals surface area contributed by atoms with E-state index in [0.29, 0.717) is 10.6 Å². The van der Waals surface area contributed by atoms with Gasteiger partial charge in [0.1, 0.15) is 5.75 Å². The average molecular weight is 265 g/mol. The lowest BCUT2D eigenvalue weighted by atomic mass is 10.2. The minimum Gasteiger partial charge on any atom is -0.398 e. The largest absolute Gasteiger partial charge is 0.398 e. The minimum absolute atomic E-state index is 0.140. The third kappa shape index (κ3) is 4.18. The van der Waals surface area contributed by atoms with Gasteiger partial charge in [-0.3, -0.25) is 9.00 Å². The van der Waals surface area contributed by atoms with E-state index in [4.69, 9.17) is 11.0 Å². The van der Waals surface area contributed by atoms with Crippen molar-refractivity contribution < 1.29 is 9.00 Å². The lowest BCUT2D eigenvalue weighted by Crippen LogP contribution is -2.29. The normalized spacial score (nSPS) is 11.6. The summed E-state index contributed by atoms with van der Waals surface area (Å²) in [6, 6.07) is 7.13. The molecule has 0 heterocycles. The summed E-state index contributed by atoms with van der Waals surface area (Å²) in [4.78, 5) is 11.9. The van der Waals surface area contributed by atoms with Crippen molar-refractivity contribution in [2.75, 3.05) is 18.0 Å². The van der Waals surface area contributed by atoms with Gasteiger partial charge in [-0.05, 0) is 24.6 Å². The zero-order valence-corrected chi connectivity index (χ0v) is 10.9. The molecule has 0 spiro atoms. The van der Waals surface area contributed by atoms with Crippen LogP contribution in [0, 0.1) is 18.3 Å². The Labute approximate surface area is 108 Å². The fourth-order valence-electron chi connectivity index (χ4n) is 1.34. The van der Waals surface area contributed by atoms with Crippen molar-refractivity contribution in [3.8, 4) is 6.07 Å². The molecule has 0 aliphatic heterocycles. The van der Waals surface area contributed by atoms with Crippen LogP contribution in [-0.2, 0) is 15.6 Å². The van der Waals surface area contributed by atoms with E-state index in [1.165, 1.54) is 0 Å². The summed E-state index contributed by atoms with van der Waals surface area (Å²) < 4.78 is 12.0. The molecule has 6 heteroatoms. The third-order valence-electron chi connectivity index (χ3n) is 2.24. The van der Waals surface area contributed by atoms with E-state index in [2.05, 4.69) is 5.32 Å². The molecule has 0 saturated heterocycles. The number of amides is 1. The van der Waals surface area contributed by atoms with Crippen molar-refractivity contribution in [1.29, 1.82) is 5.26 Å². The van der Waals surface area contributed by atoms with Crippen LogP contribution >= 0.6 is 0 Å². The molecule has 0 aromatic heterocycles. The van der Waals surface area contributed by atoms with Crippen LogP contribution in [0.2, 0.25) is 0 Å². The van der Waals surface area contributed by atoms with Gasteiger partial charge in [0, 0.05) is 12.2 Å². The van der Waals surface area contributed by atoms with Gasteiger partial charge in [-0.15, -0.1) is 0 Å². The summed E-state index contributed by atoms with van der Waals surface area (Å²) in [5.41, 5.74) is 7.08. The highest BCUT2D eigenvalue weighted by Crippen LogP contribution is 2.17. The van der Waals surface area contributed by atoms with Crippen molar-refractivity contribution in [3.05, 3.63) is 23.8 Å². The second-order valence-electron chi connectivity index (χ2n) is 3.79. The first-order valence-corrected chi connectivity index (χ1v) is 6.74. The minimum atomic E-state index is -1.46. The highest BCUT2D eigenvalue weighted by molar-refractivity contribution is 7.86. The highest BCUT2D eigenvalue weighted by Gasteiger charge is 2.12. The van der Waals surface area contributed by atoms with Gasteiger partial charge < -0.3 is 11.1 Å². The fraction of sp³-hybridized carbons (Fsp3) is 0.333. The van der Waals surface area contributed by atoms with E-state index in [-0.39, 0.29) is 24.6 Å². The number of hydrogen-bond donors (Lipinski definition) is 2. The summed E-state index contributed by atoms with van der Waals surface area (Å²) in [7, 11) is -1.46. The first-order chi connectivity index (χ1) is 8.54. The van der Waals surface area contributed by atoms with Crippen LogP contribution in [0.25, 0.3) is 0 Å². The molecule has 1 aromatic rings. The van der Waals surface area contributed by atoms with Gasteiger partial charge in [0.2, 0.25) is 5.91 Å². The van der Waals surface area contributed by atoms with Crippen LogP contribution in [0.15, 0.2) is 23.1 Å². The Morgan fingerprint density at radius 2 is 2.28 bits per heavy atom. The van der Waals surface area contributed by atoms with Crippen LogP contribution in [0.3, 0.4) is 0 Å². The molecule has 1 amide bonds. The monoisotopic (exact) mass is 265 g/mol. The lowest BCUT2D eigenvalue weighted by Gasteiger charge is -2.07. The van der Waals surface area contributed by atoms with Crippen LogP contribution < -0.4 is 11.1 Å². The number of nitriles is 1. The molecule has 0 aliphatic rings. The molecule has 1 atom stereocenters. The van der Waals surface area contributed by atoms with Gasteiger partial charge in [-0.1, -0.05) is 6.07 Å². The van der Waals surface area contributed by atoms with Crippen LogP contribution in [0.4, 0.5) is 5.69 Å². The number of carbonyl (C=O) groups is 1. The number of nitrogens with two attached hydrogens (primary N) is 1. The number of nitrogen functional groups attached to an aromatic ring is 1. The van der Waals surface area contributed by atoms with E-state index < -0.39 is 10.8 Å². The number of aryl methyl sites for hydroxylation is 1. The Balaban J connectivity index is 2.63. The Kier molecular flexibility index (Phi) is 5.33. The maximum atomic E-state index is 12.0. The molecule has 1 unspecified atom stereocenters. The summed E-state index contributed by atoms with van der Waals surface area (Å²) in [6.45, 7) is 2.14. The Morgan fingerprint density at radius 1 is 1.56 bits per heavy atom. The molecule has 0 aliphatic carbocycles. The molecule has 5 nitrogen and oxygen atoms in total. The maximum absolute atomic E-state index is 12.0. The van der Waals surface area contributed by atoms with Gasteiger partial charge in [-0.25, -0.2) is 0 Å². The summed E-state index contributed by atoms with van der Waals surface area (Å²) in [5, 5.41) is 10.9. The average Bonchev–Trinajstić information content (AvgIpc) is 2.32. The fourth-order valence-corrected chi connectivity index (χ4v) is 2.49. The number of carbonyl (C=O) groups excluding carboxylic acids is 1. The van der Waals surface area contributed by atoms with Crippen LogP contribution in [0.1, 0.15) is 12.0 Å². The topological polar surface area (TPSA) is 96.0 Å². The number of anilines is 1. The molecule has 96 valence electrons. The molecular weight excluding hydrogens is 250 g/mol. The van der Waals surface area contributed by atoms with E-state index >= 15 is 0 Å². The van der Waals surface area contributed by atoms with Gasteiger partial charge in [0.25, 0.3) is 0 Å². The second-order valence-corrected chi connectivity index (χ2v) is 5.21. The predicted molar refractivity (Wildman–Crippen MR) is 70.1 cm³/mol. The molecule has 0 bridgehead atoms. The summed E-state index contributed by atoms with van der Waals surface area (Å²) >= 11 is 0. The number of rotatable bonds is 5. The van der Waals surface area contributed by atoms with Gasteiger partial charge >= 0.3 is 0 Å². The predicted octanol–water partition coefficient (Wildman–Crippen LogP) is 0.715. The van der Waals surface area contributed by atoms with Gasteiger partial charge in [0.05, 0.1) is 28.2 Å². The molecule has 18 heavy (non-hydrogen) atoms. The highest BCUT2D eigenvalue weighted by atomic mass is 32.2. The van der Waals surface area contributed by atoms with Gasteiger partial charge in [0.15, 0.2) is 0 Å². The lowest BCUT2D eigenvalue weighted by molar-refractivity contribution is -0.118. The first kappa shape index (κ1) is 14.2. The van der Waals surface area contributed by atoms with E-state index in [0.717, 1.165) is 5.56 Å². The number of benzene rings is 1. The number of hydrogen-bond acceptors (Lipinski definition) is 4. The van der Waals surface area contributed by atoms with Crippen molar-refractivity contribution >= 4 is 22.4 Å². The molecule has 0 fully saturated rings. The van der Waals surface area contributed by atoms with Crippen LogP contribution in [-0.4, -0.2) is 22.4 Å². The molecule has 0 radical (unpaired) electrons. The van der Waals surface area contributed by atoms with E-state index in [1.54, 1.807) is 12.1 Å². The molecule has 1 aromatic carbocycles. The quantitative estimate of drug-likeness (QED) is 0.605. The molecule has 1 rings (SSSR count). The van der Waals surface area contributed by atoms with Gasteiger partial charge in [-0.2, -0.15) is 5.26 Å². The van der Waals surface area contributed by atoms with Crippen molar-refractivity contribution in [1.82, 2.24) is 5.32 Å². The summed E-state index contributed by atoms with van der Waals surface area (Å²) in [5.74, 6) is -0.483. The molecule has 0 saturated carbocycles. The SMILES string of the molecule is Cc1ccc(N)c(S(=O)CC(=O)NCCC#N)c1. The first-order valence-electron chi connectivity index (χ1n) is 5.42. The number of nitrogens with one attached hydrogen (secondary N) is 1. The maximum Gasteiger partial charge on any atom is 0.233 e. The Hall–Kier alpha value is -1.87. The smallest absolute Gasteiger partial charge is 0.233 e. The van der Waals surface area contributed by atoms with Crippen molar-refractivity contribution in [3.63, 3.8) is 0 Å². The zero-order valence-electron chi connectivity index (χ0n) is 10.1. The van der Waals surface area contributed by atoms with Crippen LogP contribution in [0.5, 0.6) is 0 Å². The number of nitrogens with zero attached hydrogens (tertiary/aromatic N) is 1. The zero-order chi connectivity index (χ0) is 13.5. The molecule has 3 N–H and O–H groups in total. The standard InChI is InChI=1S/C12H15N3O2S/c1-9-3-4-10(14)11(7-9)18(17)8-12(16)15-6-2-5-13/h3-4,7H,2,6,8,14H2,1H3,(H,15,16). The Bertz CT molecular complexity index is 509. The van der Waals surface area contributed by atoms with E-state index in [1.807, 2.05) is 19.1 Å². The summed E-state index contributed by atoms with van der Waals surface area (Å²) in [6.07, 6.45) is 0.241. The second kappa shape index (κ2) is 6.77. The van der Waals surface area contributed by atoms with Crippen molar-refractivity contribution in [2.45, 2.75) is 18.2 Å². The Morgan fingerprint density at radius 3 is 2.94 bits per heavy atom. The third-order valence-corrected chi connectivity index (χ3v) is 3.60.